The van der Waals surface area contributed by atoms with Gasteiger partial charge in [0.05, 0.1) is 25.5 Å². The molecule has 0 bridgehead atoms. The highest BCUT2D eigenvalue weighted by Crippen LogP contribution is 2.28. The van der Waals surface area contributed by atoms with Gasteiger partial charge in [0.15, 0.2) is 23.1 Å². The van der Waals surface area contributed by atoms with E-state index >= 15 is 0 Å². The summed E-state index contributed by atoms with van der Waals surface area (Å²) in [6.07, 6.45) is -1.87. The van der Waals surface area contributed by atoms with Gasteiger partial charge in [-0.15, -0.1) is 10.2 Å². The number of hydrogen-bond donors (Lipinski definition) is 1. The minimum atomic E-state index is -2.48. The molecule has 36 heavy (non-hydrogen) atoms. The van der Waals surface area contributed by atoms with Crippen LogP contribution >= 0.6 is 0 Å². The second-order valence-electron chi connectivity index (χ2n) is 8.43. The Bertz CT molecular complexity index is 1220. The summed E-state index contributed by atoms with van der Waals surface area (Å²) in [5.41, 5.74) is 1.21. The van der Waals surface area contributed by atoms with Crippen molar-refractivity contribution < 1.29 is 27.4 Å². The number of benzene rings is 1. The third kappa shape index (κ3) is 5.88. The van der Waals surface area contributed by atoms with Crippen molar-refractivity contribution in [1.82, 2.24) is 20.2 Å². The second kappa shape index (κ2) is 10.9. The van der Waals surface area contributed by atoms with Crippen LogP contribution in [0.4, 0.5) is 30.8 Å². The van der Waals surface area contributed by atoms with Crippen LogP contribution < -0.4 is 10.2 Å². The van der Waals surface area contributed by atoms with Crippen LogP contribution in [0.5, 0.6) is 0 Å². The molecule has 1 aliphatic heterocycles. The molecule has 1 fully saturated rings. The largest absolute Gasteiger partial charge is 0.464 e. The topological polar surface area (TPSA) is 102 Å². The van der Waals surface area contributed by atoms with Crippen molar-refractivity contribution in [3.8, 4) is 11.1 Å². The number of hydrogen-bond acceptors (Lipinski definition) is 9. The molecule has 0 saturated carbocycles. The summed E-state index contributed by atoms with van der Waals surface area (Å²) < 4.78 is 50.5. The summed E-state index contributed by atoms with van der Waals surface area (Å²) in [4.78, 5) is 22.6. The molecule has 0 radical (unpaired) electrons. The SMILES string of the molecule is COC(=O)c1nnc(Nc2nc(N3C[C@@H](C)O[C@@H](C)C3)ncc2F)cc1-c1ccc(CC(F)F)cc1. The van der Waals surface area contributed by atoms with Gasteiger partial charge in [-0.1, -0.05) is 24.3 Å². The van der Waals surface area contributed by atoms with Crippen molar-refractivity contribution >= 4 is 23.6 Å². The van der Waals surface area contributed by atoms with E-state index in [0.717, 1.165) is 6.20 Å². The minimum absolute atomic E-state index is 0.0369. The van der Waals surface area contributed by atoms with Gasteiger partial charge < -0.3 is 19.7 Å². The van der Waals surface area contributed by atoms with Crippen molar-refractivity contribution in [2.45, 2.75) is 38.9 Å². The summed E-state index contributed by atoms with van der Waals surface area (Å²) in [5.74, 6) is -1.11. The van der Waals surface area contributed by atoms with Crippen molar-refractivity contribution in [1.29, 1.82) is 0 Å². The number of morpholine rings is 1. The minimum Gasteiger partial charge on any atom is -0.464 e. The molecule has 2 aromatic heterocycles. The monoisotopic (exact) mass is 502 g/mol. The summed E-state index contributed by atoms with van der Waals surface area (Å²) in [5, 5.41) is 10.7. The van der Waals surface area contributed by atoms with E-state index in [4.69, 9.17) is 9.47 Å². The van der Waals surface area contributed by atoms with Gasteiger partial charge >= 0.3 is 5.97 Å². The van der Waals surface area contributed by atoms with E-state index in [2.05, 4.69) is 25.5 Å². The van der Waals surface area contributed by atoms with Gasteiger partial charge in [-0.05, 0) is 31.0 Å². The molecule has 0 amide bonds. The first-order valence-electron chi connectivity index (χ1n) is 11.3. The summed E-state index contributed by atoms with van der Waals surface area (Å²) >= 11 is 0. The van der Waals surface area contributed by atoms with Gasteiger partial charge in [0.1, 0.15) is 0 Å². The molecule has 4 rings (SSSR count). The van der Waals surface area contributed by atoms with E-state index in [1.54, 1.807) is 12.1 Å². The Balaban J connectivity index is 1.65. The van der Waals surface area contributed by atoms with Gasteiger partial charge in [0.25, 0.3) is 0 Å². The van der Waals surface area contributed by atoms with E-state index in [1.165, 1.54) is 25.3 Å². The number of methoxy groups -OCH3 is 1. The molecule has 1 aliphatic rings. The lowest BCUT2D eigenvalue weighted by Crippen LogP contribution is -2.46. The number of ether oxygens (including phenoxy) is 2. The van der Waals surface area contributed by atoms with Crippen molar-refractivity contribution in [3.63, 3.8) is 0 Å². The molecule has 2 atom stereocenters. The lowest BCUT2D eigenvalue weighted by atomic mass is 10.0. The van der Waals surface area contributed by atoms with Gasteiger partial charge in [-0.25, -0.2) is 22.9 Å². The number of nitrogens with one attached hydrogen (secondary N) is 1. The normalized spacial score (nSPS) is 17.8. The highest BCUT2D eigenvalue weighted by Gasteiger charge is 2.25. The molecule has 0 spiro atoms. The maximum Gasteiger partial charge on any atom is 0.359 e. The molecule has 190 valence electrons. The number of carbonyl (C=O) groups excluding carboxylic acids is 1. The third-order valence-electron chi connectivity index (χ3n) is 5.51. The smallest absolute Gasteiger partial charge is 0.359 e. The Labute approximate surface area is 205 Å². The Morgan fingerprint density at radius 2 is 1.89 bits per heavy atom. The van der Waals surface area contributed by atoms with Crippen LogP contribution in [0, 0.1) is 5.82 Å². The van der Waals surface area contributed by atoms with E-state index in [9.17, 15) is 18.0 Å². The molecule has 0 aliphatic carbocycles. The Morgan fingerprint density at radius 1 is 1.19 bits per heavy atom. The zero-order valence-electron chi connectivity index (χ0n) is 19.9. The fourth-order valence-corrected chi connectivity index (χ4v) is 3.98. The Morgan fingerprint density at radius 3 is 2.53 bits per heavy atom. The first kappa shape index (κ1) is 25.3. The number of halogens is 3. The fraction of sp³-hybridized carbons (Fsp3) is 0.375. The van der Waals surface area contributed by atoms with E-state index < -0.39 is 18.2 Å². The van der Waals surface area contributed by atoms with Crippen LogP contribution in [0.3, 0.4) is 0 Å². The lowest BCUT2D eigenvalue weighted by Gasteiger charge is -2.35. The van der Waals surface area contributed by atoms with Crippen LogP contribution in [-0.4, -0.2) is 65.0 Å². The van der Waals surface area contributed by atoms with Crippen LogP contribution in [0.1, 0.15) is 29.9 Å². The molecular formula is C24H25F3N6O3. The Kier molecular flexibility index (Phi) is 7.63. The zero-order chi connectivity index (χ0) is 25.8. The number of aromatic nitrogens is 4. The van der Waals surface area contributed by atoms with Crippen LogP contribution in [0.15, 0.2) is 36.5 Å². The van der Waals surface area contributed by atoms with Crippen molar-refractivity contribution in [2.75, 3.05) is 30.4 Å². The van der Waals surface area contributed by atoms with Crippen molar-refractivity contribution in [3.05, 3.63) is 53.6 Å². The van der Waals surface area contributed by atoms with Gasteiger partial charge in [0, 0.05) is 25.1 Å². The number of alkyl halides is 2. The van der Waals surface area contributed by atoms with Crippen LogP contribution in [0.25, 0.3) is 11.1 Å². The quantitative estimate of drug-likeness (QED) is 0.480. The molecule has 9 nitrogen and oxygen atoms in total. The van der Waals surface area contributed by atoms with Gasteiger partial charge in [0.2, 0.25) is 12.4 Å². The number of nitrogens with zero attached hydrogens (tertiary/aromatic N) is 5. The average molecular weight is 502 g/mol. The third-order valence-corrected chi connectivity index (χ3v) is 5.51. The summed E-state index contributed by atoms with van der Waals surface area (Å²) in [6, 6.07) is 7.75. The van der Waals surface area contributed by atoms with E-state index in [1.807, 2.05) is 18.7 Å². The van der Waals surface area contributed by atoms with Crippen LogP contribution in [-0.2, 0) is 15.9 Å². The average Bonchev–Trinajstić information content (AvgIpc) is 2.84. The molecule has 1 aromatic carbocycles. The van der Waals surface area contributed by atoms with Crippen LogP contribution in [0.2, 0.25) is 0 Å². The van der Waals surface area contributed by atoms with Crippen molar-refractivity contribution in [2.24, 2.45) is 0 Å². The second-order valence-corrected chi connectivity index (χ2v) is 8.43. The van der Waals surface area contributed by atoms with Gasteiger partial charge in [-0.2, -0.15) is 4.98 Å². The molecule has 12 heteroatoms. The number of rotatable bonds is 7. The molecule has 1 saturated heterocycles. The standard InChI is InChI=1S/C24H25F3N6O3/c1-13-11-33(12-14(2)36-13)24-28-10-18(25)22(30-24)29-20-9-17(21(32-31-20)23(34)35-3)16-6-4-15(5-7-16)8-19(26)27/h4-7,9-10,13-14,19H,8,11-12H2,1-3H3,(H,28,29,30,31)/t13-,14+. The van der Waals surface area contributed by atoms with E-state index in [-0.39, 0.29) is 36.0 Å². The number of esters is 1. The predicted molar refractivity (Wildman–Crippen MR) is 126 cm³/mol. The number of carbonyl (C=O) groups is 1. The molecule has 0 unspecified atom stereocenters. The highest BCUT2D eigenvalue weighted by atomic mass is 19.3. The summed E-state index contributed by atoms with van der Waals surface area (Å²) in [6.45, 7) is 4.97. The number of anilines is 3. The first-order valence-corrected chi connectivity index (χ1v) is 11.3. The van der Waals surface area contributed by atoms with Gasteiger partial charge in [-0.3, -0.25) is 0 Å². The zero-order valence-corrected chi connectivity index (χ0v) is 19.9. The molecule has 3 heterocycles. The fourth-order valence-electron chi connectivity index (χ4n) is 3.98. The molecule has 3 aromatic rings. The maximum absolute atomic E-state index is 14.6. The highest BCUT2D eigenvalue weighted by molar-refractivity contribution is 5.95. The molecular weight excluding hydrogens is 477 g/mol. The lowest BCUT2D eigenvalue weighted by molar-refractivity contribution is -0.00572. The summed E-state index contributed by atoms with van der Waals surface area (Å²) in [7, 11) is 1.21. The predicted octanol–water partition coefficient (Wildman–Crippen LogP) is 4.02. The van der Waals surface area contributed by atoms with E-state index in [0.29, 0.717) is 35.7 Å². The maximum atomic E-state index is 14.6. The first-order chi connectivity index (χ1) is 17.2. The Hall–Kier alpha value is -3.80. The molecule has 1 N–H and O–H groups in total.